The van der Waals surface area contributed by atoms with E-state index in [0.717, 1.165) is 0 Å². The number of carboxylic acid groups (broad SMARTS) is 1. The molecular weight excluding hydrogens is 233 g/mol. The zero-order chi connectivity index (χ0) is 11.7. The van der Waals surface area contributed by atoms with E-state index in [4.69, 9.17) is 16.7 Å². The Bertz CT molecular complexity index is 571. The molecule has 0 saturated heterocycles. The van der Waals surface area contributed by atoms with E-state index in [0.29, 0.717) is 10.9 Å². The van der Waals surface area contributed by atoms with E-state index in [9.17, 15) is 9.18 Å². The number of carbonyl (C=O) groups is 1. The number of aliphatic carboxylic acids is 1. The Morgan fingerprint density at radius 1 is 1.44 bits per heavy atom. The molecule has 0 bridgehead atoms. The fourth-order valence-electron chi connectivity index (χ4n) is 1.50. The molecule has 82 valence electrons. The van der Waals surface area contributed by atoms with Gasteiger partial charge in [0, 0.05) is 5.39 Å². The quantitative estimate of drug-likeness (QED) is 0.820. The summed E-state index contributed by atoms with van der Waals surface area (Å²) >= 11 is 5.64. The molecule has 0 aliphatic heterocycles. The van der Waals surface area contributed by atoms with Gasteiger partial charge in [-0.1, -0.05) is 11.6 Å². The Morgan fingerprint density at radius 2 is 2.19 bits per heavy atom. The molecular formula is C11H7ClFNO2. The highest BCUT2D eigenvalue weighted by molar-refractivity contribution is 6.29. The van der Waals surface area contributed by atoms with Crippen LogP contribution in [0, 0.1) is 5.82 Å². The van der Waals surface area contributed by atoms with E-state index in [2.05, 4.69) is 4.98 Å². The van der Waals surface area contributed by atoms with Crippen LogP contribution in [0.5, 0.6) is 0 Å². The van der Waals surface area contributed by atoms with Gasteiger partial charge >= 0.3 is 5.97 Å². The molecule has 0 unspecified atom stereocenters. The lowest BCUT2D eigenvalue weighted by molar-refractivity contribution is -0.136. The predicted octanol–water partition coefficient (Wildman–Crippen LogP) is 2.65. The van der Waals surface area contributed by atoms with Crippen LogP contribution >= 0.6 is 11.6 Å². The second-order valence-corrected chi connectivity index (χ2v) is 3.74. The summed E-state index contributed by atoms with van der Waals surface area (Å²) in [4.78, 5) is 14.3. The van der Waals surface area contributed by atoms with Crippen molar-refractivity contribution in [3.63, 3.8) is 0 Å². The molecule has 1 aromatic heterocycles. The summed E-state index contributed by atoms with van der Waals surface area (Å²) in [6.45, 7) is 0. The third kappa shape index (κ3) is 2.12. The van der Waals surface area contributed by atoms with E-state index >= 15 is 0 Å². The van der Waals surface area contributed by atoms with Gasteiger partial charge in [0.2, 0.25) is 0 Å². The van der Waals surface area contributed by atoms with Crippen LogP contribution in [0.15, 0.2) is 24.3 Å². The molecule has 0 aliphatic carbocycles. The van der Waals surface area contributed by atoms with Gasteiger partial charge in [-0.25, -0.2) is 9.37 Å². The zero-order valence-electron chi connectivity index (χ0n) is 8.08. The van der Waals surface area contributed by atoms with Crippen LogP contribution < -0.4 is 0 Å². The Labute approximate surface area is 95.5 Å². The smallest absolute Gasteiger partial charge is 0.307 e. The SMILES string of the molecule is O=C(O)Cc1cc(F)c2nc(Cl)ccc2c1. The molecule has 1 aromatic carbocycles. The minimum atomic E-state index is -0.999. The van der Waals surface area contributed by atoms with Crippen LogP contribution in [0.25, 0.3) is 10.9 Å². The maximum atomic E-state index is 13.6. The van der Waals surface area contributed by atoms with Crippen LogP contribution in [-0.4, -0.2) is 16.1 Å². The highest BCUT2D eigenvalue weighted by Crippen LogP contribution is 2.20. The molecule has 0 atom stereocenters. The first-order valence-electron chi connectivity index (χ1n) is 4.53. The Balaban J connectivity index is 2.59. The summed E-state index contributed by atoms with van der Waals surface area (Å²) in [6, 6.07) is 5.91. The topological polar surface area (TPSA) is 50.2 Å². The van der Waals surface area contributed by atoms with Gasteiger partial charge in [-0.15, -0.1) is 0 Å². The largest absolute Gasteiger partial charge is 0.481 e. The molecule has 16 heavy (non-hydrogen) atoms. The van der Waals surface area contributed by atoms with E-state index < -0.39 is 11.8 Å². The molecule has 3 nitrogen and oxygen atoms in total. The van der Waals surface area contributed by atoms with Crippen molar-refractivity contribution in [2.45, 2.75) is 6.42 Å². The highest BCUT2D eigenvalue weighted by atomic mass is 35.5. The minimum absolute atomic E-state index is 0.154. The lowest BCUT2D eigenvalue weighted by Gasteiger charge is -2.03. The second kappa shape index (κ2) is 4.06. The first-order chi connectivity index (χ1) is 7.56. The number of halogens is 2. The van der Waals surface area contributed by atoms with Crippen LogP contribution in [-0.2, 0) is 11.2 Å². The molecule has 0 spiro atoms. The van der Waals surface area contributed by atoms with Crippen molar-refractivity contribution in [1.29, 1.82) is 0 Å². The van der Waals surface area contributed by atoms with Gasteiger partial charge in [-0.2, -0.15) is 0 Å². The maximum absolute atomic E-state index is 13.6. The molecule has 0 fully saturated rings. The van der Waals surface area contributed by atoms with Crippen molar-refractivity contribution in [2.24, 2.45) is 0 Å². The number of carboxylic acids is 1. The highest BCUT2D eigenvalue weighted by Gasteiger charge is 2.08. The van der Waals surface area contributed by atoms with Crippen molar-refractivity contribution in [2.75, 3.05) is 0 Å². The first-order valence-corrected chi connectivity index (χ1v) is 4.90. The van der Waals surface area contributed by atoms with Crippen molar-refractivity contribution in [3.05, 3.63) is 40.8 Å². The molecule has 0 aliphatic rings. The lowest BCUT2D eigenvalue weighted by atomic mass is 10.1. The fraction of sp³-hybridized carbons (Fsp3) is 0.0909. The van der Waals surface area contributed by atoms with Crippen molar-refractivity contribution in [1.82, 2.24) is 4.98 Å². The standard InChI is InChI=1S/C11H7ClFNO2/c12-9-2-1-7-3-6(5-10(15)16)4-8(13)11(7)14-9/h1-4H,5H2,(H,15,16). The molecule has 1 N–H and O–H groups in total. The number of nitrogens with zero attached hydrogens (tertiary/aromatic N) is 1. The van der Waals surface area contributed by atoms with Gasteiger partial charge in [-0.05, 0) is 29.8 Å². The number of pyridine rings is 1. The predicted molar refractivity (Wildman–Crippen MR) is 58.1 cm³/mol. The first kappa shape index (κ1) is 10.8. The summed E-state index contributed by atoms with van der Waals surface area (Å²) in [5, 5.41) is 9.36. The number of hydrogen-bond acceptors (Lipinski definition) is 2. The molecule has 2 aromatic rings. The lowest BCUT2D eigenvalue weighted by Crippen LogP contribution is -2.01. The molecule has 5 heteroatoms. The van der Waals surface area contributed by atoms with Gasteiger partial charge < -0.3 is 5.11 Å². The van der Waals surface area contributed by atoms with Gasteiger partial charge in [0.25, 0.3) is 0 Å². The number of aromatic nitrogens is 1. The Hall–Kier alpha value is -1.68. The van der Waals surface area contributed by atoms with Crippen molar-refractivity contribution in [3.8, 4) is 0 Å². The van der Waals surface area contributed by atoms with Gasteiger partial charge in [-0.3, -0.25) is 4.79 Å². The normalized spacial score (nSPS) is 10.6. The summed E-state index contributed by atoms with van der Waals surface area (Å²) in [6.07, 6.45) is -0.213. The van der Waals surface area contributed by atoms with Gasteiger partial charge in [0.15, 0.2) is 0 Å². The van der Waals surface area contributed by atoms with Crippen LogP contribution in [0.1, 0.15) is 5.56 Å². The molecule has 0 saturated carbocycles. The third-order valence-electron chi connectivity index (χ3n) is 2.13. The number of benzene rings is 1. The average Bonchev–Trinajstić information content (AvgIpc) is 2.18. The number of rotatable bonds is 2. The zero-order valence-corrected chi connectivity index (χ0v) is 8.83. The summed E-state index contributed by atoms with van der Waals surface area (Å²) < 4.78 is 13.6. The molecule has 0 radical (unpaired) electrons. The summed E-state index contributed by atoms with van der Waals surface area (Å²) in [5.41, 5.74) is 0.559. The van der Waals surface area contributed by atoms with E-state index in [1.54, 1.807) is 12.1 Å². The maximum Gasteiger partial charge on any atom is 0.307 e. The Kier molecular flexibility index (Phi) is 2.75. The van der Waals surface area contributed by atoms with Crippen LogP contribution in [0.4, 0.5) is 4.39 Å². The van der Waals surface area contributed by atoms with Crippen LogP contribution in [0.3, 0.4) is 0 Å². The van der Waals surface area contributed by atoms with Crippen molar-refractivity contribution >= 4 is 28.5 Å². The Morgan fingerprint density at radius 3 is 2.88 bits per heavy atom. The van der Waals surface area contributed by atoms with E-state index in [1.807, 2.05) is 0 Å². The monoisotopic (exact) mass is 239 g/mol. The van der Waals surface area contributed by atoms with Crippen molar-refractivity contribution < 1.29 is 14.3 Å². The van der Waals surface area contributed by atoms with Crippen LogP contribution in [0.2, 0.25) is 5.15 Å². The van der Waals surface area contributed by atoms with Gasteiger partial charge in [0.05, 0.1) is 6.42 Å². The number of fused-ring (bicyclic) bond motifs is 1. The molecule has 0 amide bonds. The third-order valence-corrected chi connectivity index (χ3v) is 2.34. The van der Waals surface area contributed by atoms with E-state index in [-0.39, 0.29) is 17.1 Å². The number of hydrogen-bond donors (Lipinski definition) is 1. The average molecular weight is 240 g/mol. The minimum Gasteiger partial charge on any atom is -0.481 e. The summed E-state index contributed by atoms with van der Waals surface area (Å²) in [7, 11) is 0. The fourth-order valence-corrected chi connectivity index (χ4v) is 1.65. The second-order valence-electron chi connectivity index (χ2n) is 3.35. The molecule has 1 heterocycles. The van der Waals surface area contributed by atoms with Gasteiger partial charge in [0.1, 0.15) is 16.5 Å². The molecule has 2 rings (SSSR count). The van der Waals surface area contributed by atoms with E-state index in [1.165, 1.54) is 12.1 Å². The summed E-state index contributed by atoms with van der Waals surface area (Å²) in [5.74, 6) is -1.56.